The second-order valence-electron chi connectivity index (χ2n) is 6.00. The molecule has 0 aliphatic heterocycles. The minimum Gasteiger partial charge on any atom is -0.507 e. The largest absolute Gasteiger partial charge is 0.507 e. The number of anilines is 2. The van der Waals surface area contributed by atoms with Gasteiger partial charge in [0.2, 0.25) is 5.52 Å². The van der Waals surface area contributed by atoms with Crippen LogP contribution in [0.3, 0.4) is 0 Å². The van der Waals surface area contributed by atoms with E-state index in [9.17, 15) is 20.4 Å². The fraction of sp³-hybridized carbons (Fsp3) is 0. The molecule has 3 aromatic carbocycles. The summed E-state index contributed by atoms with van der Waals surface area (Å²) in [5, 5.41) is 39.8. The molecule has 0 amide bonds. The number of rotatable bonds is 4. The summed E-state index contributed by atoms with van der Waals surface area (Å²) in [5.74, 6) is -0.0442. The summed E-state index contributed by atoms with van der Waals surface area (Å²) in [5.41, 5.74) is 0.975. The number of phenols is 1. The zero-order valence-corrected chi connectivity index (χ0v) is 16.6. The fourth-order valence-corrected chi connectivity index (χ4v) is 3.43. The van der Waals surface area contributed by atoms with Gasteiger partial charge in [0.1, 0.15) is 10.8 Å². The zero-order chi connectivity index (χ0) is 20.7. The minimum atomic E-state index is -0.690. The Morgan fingerprint density at radius 1 is 1.21 bits per heavy atom. The van der Waals surface area contributed by atoms with Crippen LogP contribution >= 0.6 is 27.5 Å². The Balaban J connectivity index is 1.79. The number of nitro groups is 1. The van der Waals surface area contributed by atoms with Crippen molar-refractivity contribution in [2.24, 2.45) is 0 Å². The molecule has 1 heterocycles. The van der Waals surface area contributed by atoms with Crippen molar-refractivity contribution in [2.45, 2.75) is 0 Å². The predicted octanol–water partition coefficient (Wildman–Crippen LogP) is 4.90. The second-order valence-corrected chi connectivity index (χ2v) is 7.32. The molecule has 4 rings (SSSR count). The lowest BCUT2D eigenvalue weighted by atomic mass is 10.0. The first kappa shape index (κ1) is 19.0. The van der Waals surface area contributed by atoms with E-state index in [1.807, 2.05) is 24.3 Å². The lowest BCUT2D eigenvalue weighted by molar-refractivity contribution is -0.782. The number of phenolic OH excluding ortho intramolecular Hbond substituents is 1. The lowest BCUT2D eigenvalue weighted by Gasteiger charge is -2.10. The van der Waals surface area contributed by atoms with Crippen LogP contribution < -0.4 is 10.2 Å². The molecule has 0 radical (unpaired) electrons. The molecule has 9 nitrogen and oxygen atoms in total. The van der Waals surface area contributed by atoms with Gasteiger partial charge in [0, 0.05) is 33.0 Å². The number of halogens is 2. The average molecular weight is 478 g/mol. The van der Waals surface area contributed by atoms with Gasteiger partial charge >= 0.3 is 5.69 Å². The molecule has 0 fully saturated rings. The van der Waals surface area contributed by atoms with Crippen LogP contribution in [-0.4, -0.2) is 15.2 Å². The van der Waals surface area contributed by atoms with E-state index in [4.69, 9.17) is 11.6 Å². The van der Waals surface area contributed by atoms with Crippen molar-refractivity contribution in [3.8, 4) is 16.9 Å². The molecule has 29 heavy (non-hydrogen) atoms. The molecule has 0 saturated carbocycles. The maximum absolute atomic E-state index is 11.7. The summed E-state index contributed by atoms with van der Waals surface area (Å²) in [6.07, 6.45) is 0. The van der Waals surface area contributed by atoms with Crippen LogP contribution in [0.4, 0.5) is 17.1 Å². The van der Waals surface area contributed by atoms with Crippen LogP contribution in [0.15, 0.2) is 57.6 Å². The van der Waals surface area contributed by atoms with Gasteiger partial charge in [-0.05, 0) is 34.7 Å². The number of aromatic nitrogens is 2. The minimum absolute atomic E-state index is 0.0442. The van der Waals surface area contributed by atoms with E-state index in [2.05, 4.69) is 31.0 Å². The molecule has 0 atom stereocenters. The van der Waals surface area contributed by atoms with E-state index in [0.29, 0.717) is 11.3 Å². The third-order valence-electron chi connectivity index (χ3n) is 4.21. The number of hydrogen-bond acceptors (Lipinski definition) is 7. The molecule has 146 valence electrons. The summed E-state index contributed by atoms with van der Waals surface area (Å²) < 4.78 is 5.43. The summed E-state index contributed by atoms with van der Waals surface area (Å²) in [6, 6.07) is 13.1. The molecule has 1 aromatic heterocycles. The Bertz CT molecular complexity index is 1260. The van der Waals surface area contributed by atoms with Gasteiger partial charge in [0.25, 0.3) is 5.52 Å². The van der Waals surface area contributed by atoms with Crippen LogP contribution in [0.25, 0.3) is 22.2 Å². The summed E-state index contributed by atoms with van der Waals surface area (Å²) in [4.78, 5) is 10.9. The van der Waals surface area contributed by atoms with Crippen molar-refractivity contribution in [1.82, 2.24) is 5.16 Å². The smallest absolute Gasteiger partial charge is 0.316 e. The molecule has 0 saturated heterocycles. The SMILES string of the molecule is O=[N+]([O-])c1c(Cl)cc2c(no[n+]2[O-])c1Nc1ccc(-c2ccc(Br)cc2)c(O)c1. The van der Waals surface area contributed by atoms with Gasteiger partial charge in [0.05, 0.1) is 4.92 Å². The monoisotopic (exact) mass is 476 g/mol. The average Bonchev–Trinajstić information content (AvgIpc) is 3.03. The molecule has 0 spiro atoms. The number of aromatic hydroxyl groups is 1. The molecule has 4 aromatic rings. The van der Waals surface area contributed by atoms with E-state index >= 15 is 0 Å². The van der Waals surface area contributed by atoms with Crippen molar-refractivity contribution in [1.29, 1.82) is 0 Å². The molecule has 0 aliphatic carbocycles. The van der Waals surface area contributed by atoms with Gasteiger partial charge in [-0.15, -0.1) is 0 Å². The third-order valence-corrected chi connectivity index (χ3v) is 5.03. The van der Waals surface area contributed by atoms with E-state index in [-0.39, 0.29) is 32.4 Å². The fourth-order valence-electron chi connectivity index (χ4n) is 2.89. The number of nitro benzene ring substituents is 1. The maximum atomic E-state index is 11.7. The standard InChI is InChI=1S/C18H10BrClN4O5/c19-10-3-1-9(2-4-10)12-6-5-11(7-15(12)25)21-17-16-14(24(28)29-22-16)8-13(20)18(17)23(26)27/h1-8,21,25H. The number of hydrogen-bond donors (Lipinski definition) is 2. The lowest BCUT2D eigenvalue weighted by Crippen LogP contribution is -2.22. The second kappa shape index (κ2) is 7.22. The van der Waals surface area contributed by atoms with Gasteiger partial charge < -0.3 is 15.6 Å². The first-order valence-corrected chi connectivity index (χ1v) is 9.24. The van der Waals surface area contributed by atoms with Gasteiger partial charge in [-0.3, -0.25) is 14.7 Å². The molecule has 11 heteroatoms. The number of fused-ring (bicyclic) bond motifs is 1. The summed E-state index contributed by atoms with van der Waals surface area (Å²) >= 11 is 9.35. The Kier molecular flexibility index (Phi) is 4.73. The highest BCUT2D eigenvalue weighted by Crippen LogP contribution is 2.40. The third kappa shape index (κ3) is 3.43. The predicted molar refractivity (Wildman–Crippen MR) is 109 cm³/mol. The molecule has 0 aliphatic rings. The van der Waals surface area contributed by atoms with Crippen molar-refractivity contribution >= 4 is 55.6 Å². The van der Waals surface area contributed by atoms with Gasteiger partial charge in [-0.2, -0.15) is 0 Å². The first-order chi connectivity index (χ1) is 13.8. The Morgan fingerprint density at radius 2 is 1.93 bits per heavy atom. The summed E-state index contributed by atoms with van der Waals surface area (Å²) in [6.45, 7) is 0. The highest BCUT2D eigenvalue weighted by atomic mass is 79.9. The first-order valence-electron chi connectivity index (χ1n) is 8.07. The van der Waals surface area contributed by atoms with E-state index in [0.717, 1.165) is 16.1 Å². The molecular formula is C18H10BrClN4O5. The highest BCUT2D eigenvalue weighted by molar-refractivity contribution is 9.10. The number of benzene rings is 3. The highest BCUT2D eigenvalue weighted by Gasteiger charge is 2.29. The zero-order valence-electron chi connectivity index (χ0n) is 14.3. The summed E-state index contributed by atoms with van der Waals surface area (Å²) in [7, 11) is 0. The van der Waals surface area contributed by atoms with Crippen LogP contribution in [-0.2, 0) is 0 Å². The quantitative estimate of drug-likeness (QED) is 0.243. The van der Waals surface area contributed by atoms with E-state index in [1.165, 1.54) is 6.07 Å². The van der Waals surface area contributed by atoms with Crippen LogP contribution in [0, 0.1) is 15.3 Å². The normalized spacial score (nSPS) is 11.0. The van der Waals surface area contributed by atoms with Gasteiger partial charge in [-0.25, -0.2) is 0 Å². The Labute approximate surface area is 175 Å². The van der Waals surface area contributed by atoms with Crippen molar-refractivity contribution in [3.05, 3.63) is 73.3 Å². The molecule has 0 unspecified atom stereocenters. The maximum Gasteiger partial charge on any atom is 0.316 e. The van der Waals surface area contributed by atoms with Crippen molar-refractivity contribution in [2.75, 3.05) is 5.32 Å². The van der Waals surface area contributed by atoms with Gasteiger partial charge in [-0.1, -0.05) is 39.7 Å². The Hall–Kier alpha value is -3.37. The van der Waals surface area contributed by atoms with E-state index in [1.54, 1.807) is 12.1 Å². The number of nitrogens with one attached hydrogen (secondary N) is 1. The van der Waals surface area contributed by atoms with Crippen molar-refractivity contribution < 1.29 is 19.6 Å². The van der Waals surface area contributed by atoms with Crippen LogP contribution in [0.2, 0.25) is 5.02 Å². The van der Waals surface area contributed by atoms with E-state index < -0.39 is 10.6 Å². The molecule has 2 N–H and O–H groups in total. The number of nitrogens with zero attached hydrogens (tertiary/aromatic N) is 3. The van der Waals surface area contributed by atoms with Gasteiger partial charge in [0.15, 0.2) is 5.69 Å². The van der Waals surface area contributed by atoms with Crippen LogP contribution in [0.5, 0.6) is 5.75 Å². The van der Waals surface area contributed by atoms with Crippen molar-refractivity contribution in [3.63, 3.8) is 0 Å². The topological polar surface area (TPSA) is 128 Å². The van der Waals surface area contributed by atoms with Crippen LogP contribution in [0.1, 0.15) is 0 Å². The molecule has 0 bridgehead atoms. The Morgan fingerprint density at radius 3 is 2.59 bits per heavy atom. The molecular weight excluding hydrogens is 468 g/mol.